The van der Waals surface area contributed by atoms with Crippen LogP contribution >= 0.6 is 23.4 Å². The number of halogens is 1. The van der Waals surface area contributed by atoms with Gasteiger partial charge in [0, 0.05) is 5.02 Å². The summed E-state index contributed by atoms with van der Waals surface area (Å²) in [6, 6.07) is 27.0. The van der Waals surface area contributed by atoms with Gasteiger partial charge in [-0.2, -0.15) is 0 Å². The van der Waals surface area contributed by atoms with E-state index in [1.807, 2.05) is 97.9 Å². The summed E-state index contributed by atoms with van der Waals surface area (Å²) in [6.07, 6.45) is 1.89. The van der Waals surface area contributed by atoms with Gasteiger partial charge >= 0.3 is 0 Å². The van der Waals surface area contributed by atoms with Crippen LogP contribution in [0.4, 0.5) is 5.69 Å². The lowest BCUT2D eigenvalue weighted by Gasteiger charge is -2.24. The molecule has 1 saturated heterocycles. The molecule has 3 nitrogen and oxygen atoms in total. The van der Waals surface area contributed by atoms with E-state index in [0.29, 0.717) is 15.1 Å². The van der Waals surface area contributed by atoms with Crippen molar-refractivity contribution in [1.29, 1.82) is 0 Å². The lowest BCUT2D eigenvalue weighted by atomic mass is 10.1. The van der Waals surface area contributed by atoms with Crippen molar-refractivity contribution >= 4 is 46.2 Å². The number of amidine groups is 1. The van der Waals surface area contributed by atoms with E-state index in [-0.39, 0.29) is 11.9 Å². The molecular formula is C24H19ClN2OS. The van der Waals surface area contributed by atoms with Crippen LogP contribution < -0.4 is 0 Å². The number of carbonyl (C=O) groups is 1. The molecule has 0 radical (unpaired) electrons. The van der Waals surface area contributed by atoms with Crippen molar-refractivity contribution in [3.63, 3.8) is 0 Å². The molecule has 0 N–H and O–H groups in total. The summed E-state index contributed by atoms with van der Waals surface area (Å²) >= 11 is 7.38. The third-order valence-electron chi connectivity index (χ3n) is 4.65. The number of rotatable bonds is 4. The first-order valence-corrected chi connectivity index (χ1v) is 10.5. The number of thioether (sulfide) groups is 1. The topological polar surface area (TPSA) is 32.7 Å². The van der Waals surface area contributed by atoms with Gasteiger partial charge in [-0.3, -0.25) is 9.69 Å². The minimum absolute atomic E-state index is 0.0454. The summed E-state index contributed by atoms with van der Waals surface area (Å²) in [5.74, 6) is -0.0454. The summed E-state index contributed by atoms with van der Waals surface area (Å²) < 4.78 is 0. The molecular weight excluding hydrogens is 400 g/mol. The Labute approximate surface area is 179 Å². The molecule has 0 saturated carbocycles. The lowest BCUT2D eigenvalue weighted by molar-refractivity contribution is -0.123. The summed E-state index contributed by atoms with van der Waals surface area (Å²) in [4.78, 5) is 20.5. The first-order chi connectivity index (χ1) is 14.1. The molecule has 4 rings (SSSR count). The average molecular weight is 419 g/mol. The third-order valence-corrected chi connectivity index (χ3v) is 5.89. The molecule has 0 aromatic heterocycles. The minimum Gasteiger partial charge on any atom is -0.279 e. The highest BCUT2D eigenvalue weighted by Crippen LogP contribution is 2.39. The first-order valence-electron chi connectivity index (χ1n) is 9.29. The highest BCUT2D eigenvalue weighted by molar-refractivity contribution is 8.18. The van der Waals surface area contributed by atoms with E-state index in [1.165, 1.54) is 11.8 Å². The lowest BCUT2D eigenvalue weighted by Crippen LogP contribution is -2.32. The van der Waals surface area contributed by atoms with Gasteiger partial charge in [0.1, 0.15) is 0 Å². The van der Waals surface area contributed by atoms with Crippen LogP contribution in [0.5, 0.6) is 0 Å². The summed E-state index contributed by atoms with van der Waals surface area (Å²) in [5, 5.41) is 1.35. The molecule has 0 unspecified atom stereocenters. The zero-order valence-corrected chi connectivity index (χ0v) is 17.4. The fourth-order valence-corrected chi connectivity index (χ4v) is 4.30. The maximum atomic E-state index is 13.3. The Hall–Kier alpha value is -2.82. The largest absolute Gasteiger partial charge is 0.279 e. The number of benzene rings is 3. The predicted molar refractivity (Wildman–Crippen MR) is 122 cm³/mol. The van der Waals surface area contributed by atoms with Crippen LogP contribution in [0.3, 0.4) is 0 Å². The molecule has 1 aliphatic heterocycles. The van der Waals surface area contributed by atoms with Crippen molar-refractivity contribution in [2.75, 3.05) is 0 Å². The second-order valence-electron chi connectivity index (χ2n) is 6.65. The molecule has 0 bridgehead atoms. The Morgan fingerprint density at radius 3 is 2.21 bits per heavy atom. The van der Waals surface area contributed by atoms with Gasteiger partial charge in [-0.05, 0) is 60.2 Å². The van der Waals surface area contributed by atoms with Crippen molar-refractivity contribution in [3.8, 4) is 0 Å². The van der Waals surface area contributed by atoms with Crippen LogP contribution in [0.1, 0.15) is 24.1 Å². The Balaban J connectivity index is 1.74. The van der Waals surface area contributed by atoms with Crippen LogP contribution in [0, 0.1) is 0 Å². The molecule has 3 aromatic rings. The quantitative estimate of drug-likeness (QED) is 0.441. The molecule has 1 atom stereocenters. The molecule has 1 aliphatic rings. The summed E-state index contributed by atoms with van der Waals surface area (Å²) in [7, 11) is 0. The van der Waals surface area contributed by atoms with Crippen molar-refractivity contribution in [3.05, 3.63) is 106 Å². The normalized spacial score (nSPS) is 17.9. The Morgan fingerprint density at radius 1 is 0.931 bits per heavy atom. The van der Waals surface area contributed by atoms with E-state index in [1.54, 1.807) is 4.90 Å². The maximum absolute atomic E-state index is 13.3. The molecule has 5 heteroatoms. The van der Waals surface area contributed by atoms with Crippen LogP contribution in [-0.2, 0) is 4.79 Å². The van der Waals surface area contributed by atoms with E-state index in [2.05, 4.69) is 0 Å². The number of aliphatic imine (C=N–C) groups is 1. The number of hydrogen-bond acceptors (Lipinski definition) is 3. The van der Waals surface area contributed by atoms with Crippen molar-refractivity contribution in [2.45, 2.75) is 13.0 Å². The molecule has 0 spiro atoms. The van der Waals surface area contributed by atoms with Gasteiger partial charge in [0.15, 0.2) is 5.17 Å². The fraction of sp³-hybridized carbons (Fsp3) is 0.0833. The van der Waals surface area contributed by atoms with Gasteiger partial charge in [0.05, 0.1) is 16.6 Å². The van der Waals surface area contributed by atoms with Crippen molar-refractivity contribution < 1.29 is 4.79 Å². The third kappa shape index (κ3) is 4.44. The molecule has 29 heavy (non-hydrogen) atoms. The fourth-order valence-electron chi connectivity index (χ4n) is 3.11. The number of hydrogen-bond donors (Lipinski definition) is 0. The number of para-hydroxylation sites is 1. The van der Waals surface area contributed by atoms with E-state index in [4.69, 9.17) is 16.6 Å². The number of nitrogens with zero attached hydrogens (tertiary/aromatic N) is 2. The van der Waals surface area contributed by atoms with Gasteiger partial charge in [0.2, 0.25) is 0 Å². The van der Waals surface area contributed by atoms with E-state index in [9.17, 15) is 4.79 Å². The maximum Gasteiger partial charge on any atom is 0.267 e. The molecule has 3 aromatic carbocycles. The molecule has 1 amide bonds. The highest BCUT2D eigenvalue weighted by atomic mass is 35.5. The monoisotopic (exact) mass is 418 g/mol. The molecule has 0 aliphatic carbocycles. The van der Waals surface area contributed by atoms with Gasteiger partial charge in [-0.15, -0.1) is 0 Å². The smallest absolute Gasteiger partial charge is 0.267 e. The Morgan fingerprint density at radius 2 is 1.55 bits per heavy atom. The van der Waals surface area contributed by atoms with Crippen LogP contribution in [0.15, 0.2) is 94.8 Å². The molecule has 1 heterocycles. The molecule has 144 valence electrons. The van der Waals surface area contributed by atoms with Gasteiger partial charge < -0.3 is 0 Å². The zero-order valence-electron chi connectivity index (χ0n) is 15.8. The predicted octanol–water partition coefficient (Wildman–Crippen LogP) is 6.71. The average Bonchev–Trinajstić information content (AvgIpc) is 3.05. The Bertz CT molecular complexity index is 1060. The summed E-state index contributed by atoms with van der Waals surface area (Å²) in [6.45, 7) is 2.03. The van der Waals surface area contributed by atoms with Crippen molar-refractivity contribution in [1.82, 2.24) is 4.90 Å². The SMILES string of the molecule is C[C@H](c1ccccc1)N1C(=O)/C(=C/c2ccc(Cl)cc2)SC1=Nc1ccccc1. The van der Waals surface area contributed by atoms with Gasteiger partial charge in [-0.1, -0.05) is 72.3 Å². The number of carbonyl (C=O) groups excluding carboxylic acids is 1. The standard InChI is InChI=1S/C24H19ClN2OS/c1-17(19-8-4-2-5-9-19)27-23(28)22(16-18-12-14-20(25)15-13-18)29-24(27)26-21-10-6-3-7-11-21/h2-17H,1H3/b22-16-,26-24?/t17-/m1/s1. The van der Waals surface area contributed by atoms with E-state index in [0.717, 1.165) is 16.8 Å². The zero-order chi connectivity index (χ0) is 20.2. The van der Waals surface area contributed by atoms with E-state index >= 15 is 0 Å². The summed E-state index contributed by atoms with van der Waals surface area (Å²) in [5.41, 5.74) is 2.81. The second kappa shape index (κ2) is 8.68. The van der Waals surface area contributed by atoms with Crippen molar-refractivity contribution in [2.24, 2.45) is 4.99 Å². The minimum atomic E-state index is -0.130. The highest BCUT2D eigenvalue weighted by Gasteiger charge is 2.37. The van der Waals surface area contributed by atoms with Gasteiger partial charge in [-0.25, -0.2) is 4.99 Å². The number of amides is 1. The van der Waals surface area contributed by atoms with Gasteiger partial charge in [0.25, 0.3) is 5.91 Å². The first kappa shape index (κ1) is 19.5. The van der Waals surface area contributed by atoms with Crippen LogP contribution in [0.25, 0.3) is 6.08 Å². The molecule has 1 fully saturated rings. The second-order valence-corrected chi connectivity index (χ2v) is 8.10. The van der Waals surface area contributed by atoms with Crippen LogP contribution in [-0.4, -0.2) is 16.0 Å². The van der Waals surface area contributed by atoms with Crippen LogP contribution in [0.2, 0.25) is 5.02 Å². The van der Waals surface area contributed by atoms with E-state index < -0.39 is 0 Å². The Kier molecular flexibility index (Phi) is 5.84.